The summed E-state index contributed by atoms with van der Waals surface area (Å²) in [5.41, 5.74) is 0.492. The van der Waals surface area contributed by atoms with Crippen LogP contribution in [0.1, 0.15) is 39.4 Å². The van der Waals surface area contributed by atoms with E-state index in [1.54, 1.807) is 0 Å². The number of nitrogens with one attached hydrogen (secondary N) is 1. The number of hydrogen-bond acceptors (Lipinski definition) is 8. The highest BCUT2D eigenvalue weighted by atomic mass is 32.2. The first-order valence-corrected chi connectivity index (χ1v) is 9.96. The number of rotatable bonds is 6. The van der Waals surface area contributed by atoms with E-state index in [1.807, 2.05) is 6.92 Å². The van der Waals surface area contributed by atoms with Crippen molar-refractivity contribution >= 4 is 27.3 Å². The molecule has 0 bridgehead atoms. The van der Waals surface area contributed by atoms with Crippen molar-refractivity contribution in [2.45, 2.75) is 37.1 Å². The Labute approximate surface area is 148 Å². The number of sulfonamides is 1. The fourth-order valence-corrected chi connectivity index (χ4v) is 5.81. The Morgan fingerprint density at radius 2 is 2.24 bits per heavy atom. The zero-order valence-corrected chi connectivity index (χ0v) is 15.4. The fourth-order valence-electron chi connectivity index (χ4n) is 2.63. The van der Waals surface area contributed by atoms with Gasteiger partial charge in [0.25, 0.3) is 10.0 Å². The van der Waals surface area contributed by atoms with Gasteiger partial charge in [-0.15, -0.1) is 11.3 Å². The first-order valence-electron chi connectivity index (χ1n) is 7.71. The molecular formula is C14H18N4O5S2. The Morgan fingerprint density at radius 1 is 1.48 bits per heavy atom. The third kappa shape index (κ3) is 3.32. The van der Waals surface area contributed by atoms with Crippen LogP contribution in [0.2, 0.25) is 0 Å². The lowest BCUT2D eigenvalue weighted by molar-refractivity contribution is 0.0692. The van der Waals surface area contributed by atoms with E-state index in [0.29, 0.717) is 37.4 Å². The van der Waals surface area contributed by atoms with Crippen LogP contribution in [-0.2, 0) is 36.0 Å². The second-order valence-electron chi connectivity index (χ2n) is 5.62. The van der Waals surface area contributed by atoms with Crippen LogP contribution >= 0.6 is 11.3 Å². The normalized spacial score (nSPS) is 14.7. The van der Waals surface area contributed by atoms with Gasteiger partial charge < -0.3 is 14.9 Å². The molecule has 0 fully saturated rings. The van der Waals surface area contributed by atoms with Gasteiger partial charge in [-0.25, -0.2) is 13.2 Å². The molecule has 3 heterocycles. The van der Waals surface area contributed by atoms with E-state index in [-0.39, 0.29) is 22.1 Å². The third-order valence-electron chi connectivity index (χ3n) is 3.93. The van der Waals surface area contributed by atoms with Crippen LogP contribution in [0.5, 0.6) is 0 Å². The van der Waals surface area contributed by atoms with E-state index in [9.17, 15) is 18.3 Å². The highest BCUT2D eigenvalue weighted by Gasteiger charge is 2.34. The zero-order valence-electron chi connectivity index (χ0n) is 13.8. The highest BCUT2D eigenvalue weighted by Crippen LogP contribution is 2.36. The monoisotopic (exact) mass is 386 g/mol. The van der Waals surface area contributed by atoms with Gasteiger partial charge in [0.2, 0.25) is 5.89 Å². The second kappa shape index (κ2) is 6.83. The van der Waals surface area contributed by atoms with Crippen molar-refractivity contribution in [1.82, 2.24) is 19.8 Å². The predicted octanol–water partition coefficient (Wildman–Crippen LogP) is 0.858. The third-order valence-corrected chi connectivity index (χ3v) is 7.46. The molecule has 0 atom stereocenters. The Bertz CT molecular complexity index is 902. The Hall–Kier alpha value is -1.82. The summed E-state index contributed by atoms with van der Waals surface area (Å²) in [5.74, 6) is -0.563. The quantitative estimate of drug-likeness (QED) is 0.749. The van der Waals surface area contributed by atoms with Gasteiger partial charge in [0, 0.05) is 24.9 Å². The van der Waals surface area contributed by atoms with Gasteiger partial charge >= 0.3 is 5.97 Å². The summed E-state index contributed by atoms with van der Waals surface area (Å²) < 4.78 is 31.7. The molecule has 2 aromatic heterocycles. The fraction of sp³-hybridized carbons (Fsp3) is 0.500. The summed E-state index contributed by atoms with van der Waals surface area (Å²) in [4.78, 5) is 16.5. The number of aromatic nitrogens is 2. The molecule has 0 radical (unpaired) electrons. The first-order chi connectivity index (χ1) is 11.8. The van der Waals surface area contributed by atoms with E-state index >= 15 is 0 Å². The lowest BCUT2D eigenvalue weighted by Crippen LogP contribution is -2.28. The maximum atomic E-state index is 12.9. The number of carbonyl (C=O) groups is 1. The number of nitrogens with zero attached hydrogens (tertiary/aromatic N) is 3. The molecule has 25 heavy (non-hydrogen) atoms. The van der Waals surface area contributed by atoms with Crippen LogP contribution in [0.15, 0.2) is 8.73 Å². The van der Waals surface area contributed by atoms with Crippen LogP contribution in [0.25, 0.3) is 0 Å². The van der Waals surface area contributed by atoms with Crippen LogP contribution in [0.3, 0.4) is 0 Å². The van der Waals surface area contributed by atoms with Gasteiger partial charge in [0.05, 0.1) is 12.1 Å². The highest BCUT2D eigenvalue weighted by molar-refractivity contribution is 7.91. The minimum absolute atomic E-state index is 0.0916. The smallest absolute Gasteiger partial charge is 0.338 e. The van der Waals surface area contributed by atoms with Gasteiger partial charge in [-0.2, -0.15) is 9.29 Å². The van der Waals surface area contributed by atoms with Crippen LogP contribution in [0, 0.1) is 0 Å². The maximum Gasteiger partial charge on any atom is 0.338 e. The number of hydrogen-bond donors (Lipinski definition) is 2. The Morgan fingerprint density at radius 3 is 2.88 bits per heavy atom. The van der Waals surface area contributed by atoms with Crippen molar-refractivity contribution in [2.24, 2.45) is 0 Å². The van der Waals surface area contributed by atoms with Crippen LogP contribution in [-0.4, -0.2) is 47.5 Å². The van der Waals surface area contributed by atoms with Crippen molar-refractivity contribution in [3.8, 4) is 0 Å². The molecule has 2 N–H and O–H groups in total. The molecule has 2 aromatic rings. The largest absolute Gasteiger partial charge is 0.478 e. The molecule has 11 heteroatoms. The SMILES string of the molecule is CCc1nc(CN(C)S(=O)(=O)c2sc3c(c2C(=O)O)CCNC3)no1. The van der Waals surface area contributed by atoms with E-state index in [4.69, 9.17) is 4.52 Å². The number of thiophene rings is 1. The number of fused-ring (bicyclic) bond motifs is 1. The molecule has 0 amide bonds. The molecule has 0 saturated carbocycles. The standard InChI is InChI=1S/C14H18N4O5S2/c1-3-11-16-10(17-23-11)7-18(2)25(21,22)14-12(13(19)20)8-4-5-15-6-9(8)24-14/h15H,3-7H2,1-2H3,(H,19,20). The first kappa shape index (κ1) is 18.0. The van der Waals surface area contributed by atoms with E-state index < -0.39 is 16.0 Å². The van der Waals surface area contributed by atoms with Crippen molar-refractivity contribution in [2.75, 3.05) is 13.6 Å². The molecule has 0 aliphatic carbocycles. The predicted molar refractivity (Wildman–Crippen MR) is 89.0 cm³/mol. The van der Waals surface area contributed by atoms with E-state index in [0.717, 1.165) is 20.5 Å². The Kier molecular flexibility index (Phi) is 4.91. The molecule has 0 spiro atoms. The lowest BCUT2D eigenvalue weighted by atomic mass is 10.1. The molecule has 136 valence electrons. The molecule has 0 saturated heterocycles. The summed E-state index contributed by atoms with van der Waals surface area (Å²) >= 11 is 1.01. The average Bonchev–Trinajstić information content (AvgIpc) is 3.18. The molecule has 3 rings (SSSR count). The number of carboxylic acid groups (broad SMARTS) is 1. The molecule has 9 nitrogen and oxygen atoms in total. The van der Waals surface area contributed by atoms with Crippen molar-refractivity contribution in [3.05, 3.63) is 27.7 Å². The van der Waals surface area contributed by atoms with Crippen molar-refractivity contribution < 1.29 is 22.8 Å². The topological polar surface area (TPSA) is 126 Å². The van der Waals surface area contributed by atoms with E-state index in [1.165, 1.54) is 7.05 Å². The lowest BCUT2D eigenvalue weighted by Gasteiger charge is -2.15. The summed E-state index contributed by atoms with van der Waals surface area (Å²) in [5, 5.41) is 16.4. The maximum absolute atomic E-state index is 12.9. The van der Waals surface area contributed by atoms with Gasteiger partial charge in [-0.1, -0.05) is 12.1 Å². The molecule has 1 aliphatic heterocycles. The van der Waals surface area contributed by atoms with Crippen LogP contribution in [0.4, 0.5) is 0 Å². The summed E-state index contributed by atoms with van der Waals surface area (Å²) in [7, 11) is -2.61. The molecule has 1 aliphatic rings. The summed E-state index contributed by atoms with van der Waals surface area (Å²) in [6, 6.07) is 0. The second-order valence-corrected chi connectivity index (χ2v) is 8.96. The minimum atomic E-state index is -3.98. The number of aryl methyl sites for hydroxylation is 1. The molecule has 0 unspecified atom stereocenters. The molecular weight excluding hydrogens is 368 g/mol. The summed E-state index contributed by atoms with van der Waals surface area (Å²) in [6.45, 7) is 2.86. The minimum Gasteiger partial charge on any atom is -0.478 e. The van der Waals surface area contributed by atoms with Crippen molar-refractivity contribution in [3.63, 3.8) is 0 Å². The van der Waals surface area contributed by atoms with Gasteiger partial charge in [-0.3, -0.25) is 0 Å². The summed E-state index contributed by atoms with van der Waals surface area (Å²) in [6.07, 6.45) is 1.05. The van der Waals surface area contributed by atoms with Gasteiger partial charge in [0.1, 0.15) is 4.21 Å². The Balaban J connectivity index is 1.96. The van der Waals surface area contributed by atoms with Crippen molar-refractivity contribution in [1.29, 1.82) is 0 Å². The average molecular weight is 386 g/mol. The van der Waals surface area contributed by atoms with Crippen LogP contribution < -0.4 is 5.32 Å². The van der Waals surface area contributed by atoms with E-state index in [2.05, 4.69) is 15.5 Å². The van der Waals surface area contributed by atoms with Gasteiger partial charge in [0.15, 0.2) is 5.82 Å². The zero-order chi connectivity index (χ0) is 18.2. The van der Waals surface area contributed by atoms with Gasteiger partial charge in [-0.05, 0) is 18.5 Å². The number of aromatic carboxylic acids is 1. The number of carboxylic acids is 1. The molecule has 0 aromatic carbocycles.